The lowest BCUT2D eigenvalue weighted by Gasteiger charge is -2.37. The highest BCUT2D eigenvalue weighted by molar-refractivity contribution is 6.08. The molecule has 372 valence electrons. The van der Waals surface area contributed by atoms with Crippen molar-refractivity contribution in [2.75, 3.05) is 67.5 Å². The second-order valence-electron chi connectivity index (χ2n) is 17.4. The molecule has 5 N–H and O–H groups in total. The Morgan fingerprint density at radius 3 is 1.74 bits per heavy atom. The first-order chi connectivity index (χ1) is 34.6. The van der Waals surface area contributed by atoms with Gasteiger partial charge in [-0.3, -0.25) is 24.0 Å². The standard InChI is InChI=1S/C47H48N14O11/c1-26(60-24-29(52-54-60)4-11-39(64)65)42(68)56-13-17-58(18-14-56)46-49-45(50-47(51-46)59-19-15-57(16-20-59)43(69)27(2)61-25-30(53-55-61)5-12-40(66)67)48-28-3-8-33(36(21-28)44(70)71)41-34-9-6-31(62)22-37(34)72-38-23-32(63)7-10-35(38)41/h3,6-10,21-27,62H,4-5,11-20H2,1-2H3,(H,64,65)(H,66,67)(H,70,71)(H,48,49,50,51)/t26-,27-/m0/s1. The van der Waals surface area contributed by atoms with Crippen LogP contribution in [-0.4, -0.2) is 157 Å². The second-order valence-corrected chi connectivity index (χ2v) is 17.4. The van der Waals surface area contributed by atoms with Crippen molar-refractivity contribution in [2.45, 2.75) is 51.6 Å². The van der Waals surface area contributed by atoms with Crippen LogP contribution in [0.3, 0.4) is 0 Å². The summed E-state index contributed by atoms with van der Waals surface area (Å²) in [5.74, 6) is -2.82. The van der Waals surface area contributed by atoms with Crippen molar-refractivity contribution in [1.29, 1.82) is 0 Å². The van der Waals surface area contributed by atoms with Gasteiger partial charge in [0.15, 0.2) is 5.43 Å². The van der Waals surface area contributed by atoms with E-state index in [1.54, 1.807) is 60.3 Å². The Balaban J connectivity index is 0.976. The van der Waals surface area contributed by atoms with Crippen molar-refractivity contribution < 1.29 is 48.8 Å². The van der Waals surface area contributed by atoms with Crippen LogP contribution in [0.1, 0.15) is 60.5 Å². The van der Waals surface area contributed by atoms with E-state index in [0.717, 1.165) is 0 Å². The number of rotatable bonds is 16. The lowest BCUT2D eigenvalue weighted by atomic mass is 9.90. The van der Waals surface area contributed by atoms with E-state index in [4.69, 9.17) is 29.6 Å². The summed E-state index contributed by atoms with van der Waals surface area (Å²) < 4.78 is 8.83. The molecule has 2 fully saturated rings. The maximum atomic E-state index is 13.7. The summed E-state index contributed by atoms with van der Waals surface area (Å²) in [6, 6.07) is 12.0. The number of hydrogen-bond acceptors (Lipinski definition) is 18. The number of aromatic nitrogens is 9. The summed E-state index contributed by atoms with van der Waals surface area (Å²) in [6.07, 6.45) is 3.27. The van der Waals surface area contributed by atoms with Crippen LogP contribution in [0.15, 0.2) is 76.2 Å². The molecule has 2 aromatic carbocycles. The van der Waals surface area contributed by atoms with Gasteiger partial charge in [-0.2, -0.15) is 15.0 Å². The number of nitrogens with zero attached hydrogens (tertiary/aromatic N) is 13. The van der Waals surface area contributed by atoms with Crippen LogP contribution in [0.4, 0.5) is 23.5 Å². The van der Waals surface area contributed by atoms with E-state index in [-0.39, 0.29) is 83.4 Å². The molecule has 1 aliphatic carbocycles. The highest BCUT2D eigenvalue weighted by atomic mass is 16.4. The Morgan fingerprint density at radius 2 is 1.21 bits per heavy atom. The van der Waals surface area contributed by atoms with Gasteiger partial charge in [-0.15, -0.1) is 10.2 Å². The summed E-state index contributed by atoms with van der Waals surface area (Å²) in [7, 11) is 0. The lowest BCUT2D eigenvalue weighted by molar-refractivity contribution is -0.138. The number of carboxylic acids is 3. The molecule has 0 radical (unpaired) electrons. The van der Waals surface area contributed by atoms with Gasteiger partial charge in [0.25, 0.3) is 0 Å². The molecule has 72 heavy (non-hydrogen) atoms. The molecular formula is C47H48N14O11. The van der Waals surface area contributed by atoms with Gasteiger partial charge in [0.05, 0.1) is 29.8 Å². The first-order valence-electron chi connectivity index (χ1n) is 23.0. The fourth-order valence-corrected chi connectivity index (χ4v) is 8.70. The summed E-state index contributed by atoms with van der Waals surface area (Å²) in [6.45, 7) is 5.92. The molecule has 9 rings (SSSR count). The molecule has 2 atom stereocenters. The number of carbonyl (C=O) groups excluding carboxylic acids is 2. The Kier molecular flexibility index (Phi) is 13.4. The number of aromatic carboxylic acids is 1. The average molecular weight is 985 g/mol. The van der Waals surface area contributed by atoms with E-state index in [0.29, 0.717) is 91.5 Å². The van der Waals surface area contributed by atoms with Crippen LogP contribution in [0.2, 0.25) is 0 Å². The van der Waals surface area contributed by atoms with E-state index in [1.807, 2.05) is 9.80 Å². The zero-order chi connectivity index (χ0) is 50.8. The van der Waals surface area contributed by atoms with Crippen molar-refractivity contribution in [2.24, 2.45) is 0 Å². The summed E-state index contributed by atoms with van der Waals surface area (Å²) >= 11 is 0. The van der Waals surface area contributed by atoms with Crippen LogP contribution >= 0.6 is 0 Å². The fourth-order valence-electron chi connectivity index (χ4n) is 8.70. The average Bonchev–Trinajstić information content (AvgIpc) is 4.06. The van der Waals surface area contributed by atoms with Gasteiger partial charge in [0.1, 0.15) is 29.2 Å². The molecule has 5 aromatic rings. The van der Waals surface area contributed by atoms with Gasteiger partial charge < -0.3 is 49.8 Å². The number of piperazine rings is 2. The monoisotopic (exact) mass is 984 g/mol. The predicted molar refractivity (Wildman–Crippen MR) is 255 cm³/mol. The molecule has 25 nitrogen and oxygen atoms in total. The number of aromatic hydroxyl groups is 1. The zero-order valence-electron chi connectivity index (χ0n) is 39.0. The summed E-state index contributed by atoms with van der Waals surface area (Å²) in [5, 5.41) is 58.9. The van der Waals surface area contributed by atoms with E-state index in [9.17, 15) is 39.0 Å². The molecule has 0 bridgehead atoms. The number of phenolic OH excluding ortho intramolecular Hbond substituents is 1. The maximum absolute atomic E-state index is 13.7. The normalized spacial score (nSPS) is 14.9. The number of benzene rings is 3. The molecule has 6 heterocycles. The number of carbonyl (C=O) groups is 5. The highest BCUT2D eigenvalue weighted by Gasteiger charge is 2.32. The van der Waals surface area contributed by atoms with Gasteiger partial charge in [-0.05, 0) is 55.8 Å². The van der Waals surface area contributed by atoms with E-state index in [2.05, 4.69) is 25.9 Å². The number of hydrogen-bond donors (Lipinski definition) is 5. The van der Waals surface area contributed by atoms with Gasteiger partial charge in [0, 0.05) is 112 Å². The summed E-state index contributed by atoms with van der Waals surface area (Å²) in [4.78, 5) is 96.5. The van der Waals surface area contributed by atoms with E-state index in [1.165, 1.54) is 39.7 Å². The zero-order valence-corrected chi connectivity index (χ0v) is 39.0. The minimum Gasteiger partial charge on any atom is -0.508 e. The molecule has 2 amide bonds. The predicted octanol–water partition coefficient (Wildman–Crippen LogP) is 2.93. The third kappa shape index (κ3) is 10.3. The number of nitrogens with one attached hydrogen (secondary N) is 1. The number of amides is 2. The maximum Gasteiger partial charge on any atom is 0.336 e. The number of aryl methyl sites for hydroxylation is 2. The molecule has 25 heteroatoms. The molecule has 0 saturated carbocycles. The van der Waals surface area contributed by atoms with Gasteiger partial charge in [-0.1, -0.05) is 16.5 Å². The van der Waals surface area contributed by atoms with Crippen molar-refractivity contribution in [3.05, 3.63) is 94.2 Å². The van der Waals surface area contributed by atoms with Crippen molar-refractivity contribution in [3.8, 4) is 28.2 Å². The largest absolute Gasteiger partial charge is 0.508 e. The Bertz CT molecular complexity index is 3130. The van der Waals surface area contributed by atoms with Gasteiger partial charge >= 0.3 is 17.9 Å². The lowest BCUT2D eigenvalue weighted by Crippen LogP contribution is -2.51. The number of aliphatic carboxylic acids is 2. The minimum atomic E-state index is -1.25. The van der Waals surface area contributed by atoms with Gasteiger partial charge in [0.2, 0.25) is 29.7 Å². The SMILES string of the molecule is C[C@@H](C(=O)N1CCN(c2nc(Nc3ccc(-c4c5ccc(=O)cc-5oc5cc(O)ccc45)c(C(=O)O)c3)nc(N3CCN(C(=O)[C@H](C)n4cc(CCC(=O)O)nn4)CC3)n2)CC1)n1cc(CCC(=O)O)nn1. The quantitative estimate of drug-likeness (QED) is 0.0869. The minimum absolute atomic E-state index is 0.0814. The first kappa shape index (κ1) is 48.0. The molecule has 4 aliphatic rings. The third-order valence-corrected chi connectivity index (χ3v) is 12.6. The number of phenols is 1. The highest BCUT2D eigenvalue weighted by Crippen LogP contribution is 2.42. The molecule has 0 unspecified atom stereocenters. The van der Waals surface area contributed by atoms with Crippen LogP contribution in [0, 0.1) is 0 Å². The first-order valence-corrected chi connectivity index (χ1v) is 23.0. The Labute approximate surface area is 408 Å². The molecular weight excluding hydrogens is 937 g/mol. The Morgan fingerprint density at radius 1 is 0.667 bits per heavy atom. The van der Waals surface area contributed by atoms with Crippen molar-refractivity contribution in [1.82, 2.24) is 54.7 Å². The molecule has 2 saturated heterocycles. The van der Waals surface area contributed by atoms with E-state index >= 15 is 0 Å². The van der Waals surface area contributed by atoms with E-state index < -0.39 is 30.0 Å². The van der Waals surface area contributed by atoms with Gasteiger partial charge in [-0.25, -0.2) is 14.2 Å². The van der Waals surface area contributed by atoms with Crippen molar-refractivity contribution in [3.63, 3.8) is 0 Å². The number of fused-ring (bicyclic) bond motifs is 2. The number of carboxylic acid groups (broad SMARTS) is 3. The molecule has 0 spiro atoms. The smallest absolute Gasteiger partial charge is 0.336 e. The second kappa shape index (κ2) is 20.1. The molecule has 3 aliphatic heterocycles. The Hall–Kier alpha value is -9.03. The molecule has 3 aromatic heterocycles. The number of anilines is 4. The third-order valence-electron chi connectivity index (χ3n) is 12.6. The van der Waals surface area contributed by atoms with Crippen LogP contribution < -0.4 is 20.5 Å². The summed E-state index contributed by atoms with van der Waals surface area (Å²) in [5.41, 5.74) is 2.34. The topological polar surface area (TPSA) is 322 Å². The fraction of sp³-hybridized carbons (Fsp3) is 0.340. The van der Waals surface area contributed by atoms with Crippen LogP contribution in [-0.2, 0) is 32.0 Å². The van der Waals surface area contributed by atoms with Crippen molar-refractivity contribution >= 4 is 64.2 Å². The van der Waals surface area contributed by atoms with Crippen LogP contribution in [0.25, 0.3) is 33.4 Å². The van der Waals surface area contributed by atoms with Crippen LogP contribution in [0.5, 0.6) is 5.75 Å².